The molecular weight excluding hydrogens is 436 g/mol. The van der Waals surface area contributed by atoms with Gasteiger partial charge < -0.3 is 29.9 Å². The Labute approximate surface area is 195 Å². The van der Waals surface area contributed by atoms with E-state index in [2.05, 4.69) is 35.5 Å². The zero-order chi connectivity index (χ0) is 23.7. The van der Waals surface area contributed by atoms with Crippen LogP contribution in [-0.4, -0.2) is 68.9 Å². The number of pyridine rings is 1. The first kappa shape index (κ1) is 21.6. The maximum absolute atomic E-state index is 12.1. The second kappa shape index (κ2) is 8.94. The van der Waals surface area contributed by atoms with Gasteiger partial charge in [0.2, 0.25) is 0 Å². The molecule has 3 N–H and O–H groups in total. The number of rotatable bonds is 6. The molecule has 5 rings (SSSR count). The van der Waals surface area contributed by atoms with E-state index in [-0.39, 0.29) is 11.5 Å². The summed E-state index contributed by atoms with van der Waals surface area (Å²) in [6.45, 7) is 3.09. The van der Waals surface area contributed by atoms with Gasteiger partial charge in [-0.1, -0.05) is 0 Å². The summed E-state index contributed by atoms with van der Waals surface area (Å²) in [6.07, 6.45) is 4.99. The lowest BCUT2D eigenvalue weighted by atomic mass is 10.1. The van der Waals surface area contributed by atoms with Crippen molar-refractivity contribution in [2.24, 2.45) is 7.05 Å². The van der Waals surface area contributed by atoms with Gasteiger partial charge in [0, 0.05) is 44.8 Å². The van der Waals surface area contributed by atoms with Crippen molar-refractivity contribution in [2.75, 3.05) is 48.9 Å². The maximum atomic E-state index is 12.1. The second-order valence-corrected chi connectivity index (χ2v) is 7.85. The van der Waals surface area contributed by atoms with Gasteiger partial charge in [-0.25, -0.2) is 19.7 Å². The number of ether oxygens (including phenoxy) is 1. The van der Waals surface area contributed by atoms with Gasteiger partial charge in [0.25, 0.3) is 0 Å². The molecular formula is C23H24N8O3. The highest BCUT2D eigenvalue weighted by Crippen LogP contribution is 2.32. The predicted octanol–water partition coefficient (Wildman–Crippen LogP) is 2.75. The summed E-state index contributed by atoms with van der Waals surface area (Å²) >= 11 is 0. The van der Waals surface area contributed by atoms with Crippen LogP contribution >= 0.6 is 0 Å². The number of imidazole rings is 1. The average Bonchev–Trinajstić information content (AvgIpc) is 3.25. The zero-order valence-corrected chi connectivity index (χ0v) is 18.8. The Morgan fingerprint density at radius 1 is 1.09 bits per heavy atom. The third kappa shape index (κ3) is 3.97. The van der Waals surface area contributed by atoms with E-state index < -0.39 is 5.97 Å². The van der Waals surface area contributed by atoms with Crippen LogP contribution in [0.3, 0.4) is 0 Å². The molecule has 4 heterocycles. The summed E-state index contributed by atoms with van der Waals surface area (Å²) < 4.78 is 7.25. The molecule has 1 aromatic carbocycles. The molecule has 1 saturated heterocycles. The molecule has 11 heteroatoms. The Bertz CT molecular complexity index is 1350. The summed E-state index contributed by atoms with van der Waals surface area (Å²) in [4.78, 5) is 32.1. The van der Waals surface area contributed by atoms with E-state index in [0.29, 0.717) is 41.5 Å². The second-order valence-electron chi connectivity index (χ2n) is 7.85. The van der Waals surface area contributed by atoms with E-state index in [0.717, 1.165) is 24.3 Å². The molecule has 0 atom stereocenters. The molecule has 0 amide bonds. The Kier molecular flexibility index (Phi) is 5.68. The van der Waals surface area contributed by atoms with Crippen molar-refractivity contribution in [2.45, 2.75) is 0 Å². The molecule has 0 radical (unpaired) electrons. The fraction of sp³-hybridized carbons (Fsp3) is 0.261. The van der Waals surface area contributed by atoms with E-state index in [1.54, 1.807) is 25.8 Å². The van der Waals surface area contributed by atoms with Crippen LogP contribution < -0.4 is 15.5 Å². The highest BCUT2D eigenvalue weighted by molar-refractivity contribution is 5.97. The molecule has 0 saturated carbocycles. The highest BCUT2D eigenvalue weighted by atomic mass is 16.5. The highest BCUT2D eigenvalue weighted by Gasteiger charge is 2.22. The van der Waals surface area contributed by atoms with Crippen LogP contribution in [0.4, 0.5) is 23.0 Å². The van der Waals surface area contributed by atoms with Gasteiger partial charge in [-0.15, -0.1) is 0 Å². The predicted molar refractivity (Wildman–Crippen MR) is 129 cm³/mol. The van der Waals surface area contributed by atoms with Crippen LogP contribution in [0, 0.1) is 0 Å². The van der Waals surface area contributed by atoms with E-state index >= 15 is 0 Å². The van der Waals surface area contributed by atoms with Crippen molar-refractivity contribution in [3.05, 3.63) is 48.7 Å². The first-order chi connectivity index (χ1) is 16.5. The maximum Gasteiger partial charge on any atom is 0.358 e. The van der Waals surface area contributed by atoms with E-state index in [4.69, 9.17) is 4.74 Å². The van der Waals surface area contributed by atoms with Gasteiger partial charge in [0.1, 0.15) is 11.2 Å². The van der Waals surface area contributed by atoms with Crippen molar-refractivity contribution in [1.82, 2.24) is 24.5 Å². The minimum atomic E-state index is -1.19. The van der Waals surface area contributed by atoms with E-state index in [1.165, 1.54) is 0 Å². The lowest BCUT2D eigenvalue weighted by molar-refractivity contribution is 0.0691. The molecule has 174 valence electrons. The number of carboxylic acids is 1. The van der Waals surface area contributed by atoms with Crippen LogP contribution in [-0.2, 0) is 11.8 Å². The number of morpholine rings is 1. The molecule has 0 spiro atoms. The summed E-state index contributed by atoms with van der Waals surface area (Å²) in [6, 6.07) is 7.76. The summed E-state index contributed by atoms with van der Waals surface area (Å²) in [5, 5.41) is 16.0. The quantitative estimate of drug-likeness (QED) is 0.395. The normalized spacial score (nSPS) is 13.8. The summed E-state index contributed by atoms with van der Waals surface area (Å²) in [5.74, 6) is -0.636. The minimum Gasteiger partial charge on any atom is -0.476 e. The van der Waals surface area contributed by atoms with Gasteiger partial charge in [0.15, 0.2) is 17.3 Å². The number of benzene rings is 1. The SMILES string of the molecule is CNc1nc(Nc2ccc(N3CCOCC3)cc2)c(C(=O)O)nc1-c1cncc2c1ncn2C. The fourth-order valence-electron chi connectivity index (χ4n) is 3.96. The number of anilines is 4. The standard InChI is InChI=1S/C23H24N8O3/c1-24-21-19(16-11-25-12-17-18(16)26-13-30(17)2)28-20(23(32)33)22(29-21)27-14-3-5-15(6-4-14)31-7-9-34-10-8-31/h3-6,11-13H,7-10H2,1-2H3,(H,32,33)(H2,24,27,29). The van der Waals surface area contributed by atoms with E-state index in [9.17, 15) is 9.90 Å². The van der Waals surface area contributed by atoms with Gasteiger partial charge in [-0.3, -0.25) is 4.98 Å². The number of hydrogen-bond acceptors (Lipinski definition) is 9. The molecule has 0 unspecified atom stereocenters. The number of aromatic nitrogens is 5. The lowest BCUT2D eigenvalue weighted by Gasteiger charge is -2.28. The minimum absolute atomic E-state index is 0.140. The van der Waals surface area contributed by atoms with Crippen molar-refractivity contribution in [3.63, 3.8) is 0 Å². The summed E-state index contributed by atoms with van der Waals surface area (Å²) in [5.41, 5.74) is 4.03. The monoisotopic (exact) mass is 460 g/mol. The molecule has 34 heavy (non-hydrogen) atoms. The molecule has 1 aliphatic heterocycles. The fourth-order valence-corrected chi connectivity index (χ4v) is 3.96. The zero-order valence-electron chi connectivity index (χ0n) is 18.8. The Balaban J connectivity index is 1.51. The number of nitrogens with zero attached hydrogens (tertiary/aromatic N) is 6. The first-order valence-corrected chi connectivity index (χ1v) is 10.8. The molecule has 3 aromatic heterocycles. The van der Waals surface area contributed by atoms with Crippen LogP contribution in [0.2, 0.25) is 0 Å². The molecule has 0 aliphatic carbocycles. The van der Waals surface area contributed by atoms with Crippen LogP contribution in [0.1, 0.15) is 10.5 Å². The Morgan fingerprint density at radius 3 is 2.56 bits per heavy atom. The average molecular weight is 460 g/mol. The molecule has 0 bridgehead atoms. The Hall–Kier alpha value is -4.25. The third-order valence-corrected chi connectivity index (χ3v) is 5.73. The molecule has 1 aliphatic rings. The third-order valence-electron chi connectivity index (χ3n) is 5.73. The lowest BCUT2D eigenvalue weighted by Crippen LogP contribution is -2.36. The van der Waals surface area contributed by atoms with Crippen LogP contribution in [0.5, 0.6) is 0 Å². The van der Waals surface area contributed by atoms with Crippen molar-refractivity contribution >= 4 is 40.0 Å². The number of aromatic carboxylic acids is 1. The van der Waals surface area contributed by atoms with Gasteiger partial charge in [-0.05, 0) is 24.3 Å². The van der Waals surface area contributed by atoms with Gasteiger partial charge >= 0.3 is 5.97 Å². The number of aryl methyl sites for hydroxylation is 1. The number of fused-ring (bicyclic) bond motifs is 1. The summed E-state index contributed by atoms with van der Waals surface area (Å²) in [7, 11) is 3.58. The number of hydrogen-bond donors (Lipinski definition) is 3. The number of carbonyl (C=O) groups is 1. The van der Waals surface area contributed by atoms with E-state index in [1.807, 2.05) is 35.9 Å². The van der Waals surface area contributed by atoms with Crippen molar-refractivity contribution < 1.29 is 14.6 Å². The first-order valence-electron chi connectivity index (χ1n) is 10.8. The largest absolute Gasteiger partial charge is 0.476 e. The number of carboxylic acid groups (broad SMARTS) is 1. The molecule has 11 nitrogen and oxygen atoms in total. The Morgan fingerprint density at radius 2 is 1.85 bits per heavy atom. The van der Waals surface area contributed by atoms with Crippen molar-refractivity contribution in [1.29, 1.82) is 0 Å². The number of nitrogens with one attached hydrogen (secondary N) is 2. The topological polar surface area (TPSA) is 130 Å². The van der Waals surface area contributed by atoms with Crippen molar-refractivity contribution in [3.8, 4) is 11.3 Å². The molecule has 1 fully saturated rings. The smallest absolute Gasteiger partial charge is 0.358 e. The van der Waals surface area contributed by atoms with Crippen LogP contribution in [0.25, 0.3) is 22.3 Å². The van der Waals surface area contributed by atoms with Gasteiger partial charge in [-0.2, -0.15) is 0 Å². The van der Waals surface area contributed by atoms with Crippen LogP contribution in [0.15, 0.2) is 43.0 Å². The molecule has 4 aromatic rings. The van der Waals surface area contributed by atoms with Gasteiger partial charge in [0.05, 0.1) is 36.8 Å².